The van der Waals surface area contributed by atoms with Crippen LogP contribution in [0.5, 0.6) is 0 Å². The van der Waals surface area contributed by atoms with Gasteiger partial charge in [-0.2, -0.15) is 0 Å². The highest BCUT2D eigenvalue weighted by Crippen LogP contribution is 2.30. The fraction of sp³-hybridized carbons (Fsp3) is 0.158. The number of para-hydroxylation sites is 1. The Morgan fingerprint density at radius 1 is 1.04 bits per heavy atom. The first-order valence-electron chi connectivity index (χ1n) is 8.20. The normalized spacial score (nSPS) is 11.0. The molecule has 0 atom stereocenters. The van der Waals surface area contributed by atoms with Gasteiger partial charge in [0.2, 0.25) is 0 Å². The lowest BCUT2D eigenvalue weighted by Gasteiger charge is -2.10. The lowest BCUT2D eigenvalue weighted by atomic mass is 10.2. The molecule has 4 rings (SSSR count). The van der Waals surface area contributed by atoms with Crippen LogP contribution >= 0.6 is 11.8 Å². The molecule has 0 aliphatic carbocycles. The topological polar surface area (TPSA) is 69.6 Å². The molecule has 130 valence electrons. The summed E-state index contributed by atoms with van der Waals surface area (Å²) >= 11 is 1.61. The summed E-state index contributed by atoms with van der Waals surface area (Å²) in [5.74, 6) is 2.33. The van der Waals surface area contributed by atoms with E-state index < -0.39 is 0 Å². The van der Waals surface area contributed by atoms with Crippen LogP contribution in [0, 0.1) is 13.8 Å². The molecule has 0 unspecified atom stereocenters. The number of hydrogen-bond donors (Lipinski definition) is 0. The van der Waals surface area contributed by atoms with Crippen LogP contribution in [0.25, 0.3) is 17.1 Å². The minimum atomic E-state index is 0.721. The molecule has 0 amide bonds. The van der Waals surface area contributed by atoms with E-state index in [0.29, 0.717) is 0 Å². The van der Waals surface area contributed by atoms with Crippen LogP contribution in [0.3, 0.4) is 0 Å². The molecule has 3 aromatic heterocycles. The molecule has 0 aliphatic rings. The molecule has 26 heavy (non-hydrogen) atoms. The van der Waals surface area contributed by atoms with E-state index >= 15 is 0 Å². The van der Waals surface area contributed by atoms with Gasteiger partial charge in [-0.25, -0.2) is 0 Å². The zero-order chi connectivity index (χ0) is 17.9. The molecule has 0 spiro atoms. The van der Waals surface area contributed by atoms with Gasteiger partial charge in [0.05, 0.1) is 5.69 Å². The van der Waals surface area contributed by atoms with Crippen molar-refractivity contribution >= 4 is 11.8 Å². The van der Waals surface area contributed by atoms with E-state index in [1.54, 1.807) is 24.2 Å². The molecule has 0 N–H and O–H groups in total. The Bertz CT molecular complexity index is 992. The Hall–Kier alpha value is -2.93. The highest BCUT2D eigenvalue weighted by atomic mass is 32.2. The van der Waals surface area contributed by atoms with E-state index in [4.69, 9.17) is 4.52 Å². The third kappa shape index (κ3) is 3.13. The Labute approximate surface area is 155 Å². The number of benzene rings is 1. The van der Waals surface area contributed by atoms with E-state index in [2.05, 4.69) is 24.9 Å². The fourth-order valence-corrected chi connectivity index (χ4v) is 3.81. The maximum Gasteiger partial charge on any atom is 0.196 e. The predicted octanol–water partition coefficient (Wildman–Crippen LogP) is 4.23. The van der Waals surface area contributed by atoms with Crippen molar-refractivity contribution in [1.29, 1.82) is 0 Å². The number of pyridine rings is 1. The number of aromatic nitrogens is 5. The number of hydrogen-bond acceptors (Lipinski definition) is 6. The predicted molar refractivity (Wildman–Crippen MR) is 100 cm³/mol. The summed E-state index contributed by atoms with van der Waals surface area (Å²) in [5, 5.41) is 13.7. The van der Waals surface area contributed by atoms with E-state index in [1.807, 2.05) is 56.3 Å². The largest absolute Gasteiger partial charge is 0.361 e. The van der Waals surface area contributed by atoms with Gasteiger partial charge in [0.1, 0.15) is 5.76 Å². The zero-order valence-corrected chi connectivity index (χ0v) is 15.3. The van der Waals surface area contributed by atoms with Gasteiger partial charge in [0.15, 0.2) is 11.0 Å². The molecule has 0 saturated heterocycles. The van der Waals surface area contributed by atoms with Gasteiger partial charge in [-0.05, 0) is 38.1 Å². The molecule has 4 aromatic rings. The van der Waals surface area contributed by atoms with Crippen molar-refractivity contribution in [3.63, 3.8) is 0 Å². The summed E-state index contributed by atoms with van der Waals surface area (Å²) < 4.78 is 7.31. The van der Waals surface area contributed by atoms with Gasteiger partial charge in [-0.15, -0.1) is 10.2 Å². The van der Waals surface area contributed by atoms with Gasteiger partial charge in [-0.1, -0.05) is 35.1 Å². The highest BCUT2D eigenvalue weighted by Gasteiger charge is 2.18. The maximum atomic E-state index is 5.26. The number of aryl methyl sites for hydroxylation is 2. The summed E-state index contributed by atoms with van der Waals surface area (Å²) in [7, 11) is 0. The highest BCUT2D eigenvalue weighted by molar-refractivity contribution is 7.98. The van der Waals surface area contributed by atoms with Gasteiger partial charge in [0, 0.05) is 35.0 Å². The molecule has 0 aliphatic heterocycles. The minimum absolute atomic E-state index is 0.721. The summed E-state index contributed by atoms with van der Waals surface area (Å²) in [6.07, 6.45) is 3.55. The SMILES string of the molecule is Cc1noc(C)c1CSc1nnc(-c2cccnc2)n1-c1ccccc1. The molecule has 0 fully saturated rings. The second kappa shape index (κ2) is 7.13. The first-order chi connectivity index (χ1) is 12.7. The first kappa shape index (κ1) is 16.5. The van der Waals surface area contributed by atoms with Crippen molar-refractivity contribution in [2.45, 2.75) is 24.8 Å². The van der Waals surface area contributed by atoms with Crippen molar-refractivity contribution < 1.29 is 4.52 Å². The van der Waals surface area contributed by atoms with Crippen molar-refractivity contribution in [1.82, 2.24) is 24.9 Å². The summed E-state index contributed by atoms with van der Waals surface area (Å²) in [5.41, 5.74) is 3.94. The van der Waals surface area contributed by atoms with Crippen LogP contribution in [0.2, 0.25) is 0 Å². The molecule has 3 heterocycles. The lowest BCUT2D eigenvalue weighted by Crippen LogP contribution is -2.00. The average Bonchev–Trinajstić information content (AvgIpc) is 3.25. The quantitative estimate of drug-likeness (QED) is 0.494. The second-order valence-corrected chi connectivity index (χ2v) is 6.75. The van der Waals surface area contributed by atoms with E-state index in [-0.39, 0.29) is 0 Å². The lowest BCUT2D eigenvalue weighted by molar-refractivity contribution is 0.392. The smallest absolute Gasteiger partial charge is 0.196 e. The zero-order valence-electron chi connectivity index (χ0n) is 14.5. The summed E-state index contributed by atoms with van der Waals surface area (Å²) in [6, 6.07) is 14.0. The van der Waals surface area contributed by atoms with Crippen molar-refractivity contribution in [3.05, 3.63) is 71.9 Å². The molecular weight excluding hydrogens is 346 g/mol. The van der Waals surface area contributed by atoms with Crippen LogP contribution in [-0.2, 0) is 5.75 Å². The Balaban J connectivity index is 1.74. The van der Waals surface area contributed by atoms with Gasteiger partial charge >= 0.3 is 0 Å². The van der Waals surface area contributed by atoms with Crippen molar-refractivity contribution in [3.8, 4) is 17.1 Å². The van der Waals surface area contributed by atoms with E-state index in [0.717, 1.165) is 45.0 Å². The standard InChI is InChI=1S/C19H17N5OS/c1-13-17(14(2)25-23-13)12-26-19-22-21-18(15-7-6-10-20-11-15)24(19)16-8-4-3-5-9-16/h3-11H,12H2,1-2H3. The fourth-order valence-electron chi connectivity index (χ4n) is 2.70. The van der Waals surface area contributed by atoms with Crippen LogP contribution < -0.4 is 0 Å². The molecule has 7 heteroatoms. The monoisotopic (exact) mass is 363 g/mol. The van der Waals surface area contributed by atoms with Crippen molar-refractivity contribution in [2.75, 3.05) is 0 Å². The summed E-state index contributed by atoms with van der Waals surface area (Å²) in [6.45, 7) is 3.88. The third-order valence-corrected chi connectivity index (χ3v) is 5.05. The molecule has 0 bridgehead atoms. The second-order valence-electron chi connectivity index (χ2n) is 5.81. The maximum absolute atomic E-state index is 5.26. The van der Waals surface area contributed by atoms with Gasteiger partial charge < -0.3 is 4.52 Å². The Kier molecular flexibility index (Phi) is 4.53. The van der Waals surface area contributed by atoms with Crippen molar-refractivity contribution in [2.24, 2.45) is 0 Å². The number of nitrogens with zero attached hydrogens (tertiary/aromatic N) is 5. The molecule has 1 aromatic carbocycles. The Morgan fingerprint density at radius 2 is 1.88 bits per heavy atom. The minimum Gasteiger partial charge on any atom is -0.361 e. The Morgan fingerprint density at radius 3 is 2.58 bits per heavy atom. The summed E-state index contributed by atoms with van der Waals surface area (Å²) in [4.78, 5) is 4.21. The molecular formula is C19H17N5OS. The number of thioether (sulfide) groups is 1. The van der Waals surface area contributed by atoms with Crippen LogP contribution in [0.15, 0.2) is 64.5 Å². The van der Waals surface area contributed by atoms with E-state index in [9.17, 15) is 0 Å². The number of rotatable bonds is 5. The third-order valence-electron chi connectivity index (χ3n) is 4.09. The van der Waals surface area contributed by atoms with Crippen LogP contribution in [-0.4, -0.2) is 24.9 Å². The van der Waals surface area contributed by atoms with Crippen LogP contribution in [0.4, 0.5) is 0 Å². The van der Waals surface area contributed by atoms with Crippen LogP contribution in [0.1, 0.15) is 17.0 Å². The average molecular weight is 363 g/mol. The first-order valence-corrected chi connectivity index (χ1v) is 9.18. The van der Waals surface area contributed by atoms with Gasteiger partial charge in [0.25, 0.3) is 0 Å². The molecule has 0 radical (unpaired) electrons. The van der Waals surface area contributed by atoms with E-state index in [1.165, 1.54) is 0 Å². The molecule has 6 nitrogen and oxygen atoms in total. The molecule has 0 saturated carbocycles. The van der Waals surface area contributed by atoms with Gasteiger partial charge in [-0.3, -0.25) is 9.55 Å².